The van der Waals surface area contributed by atoms with Crippen LogP contribution in [0.5, 0.6) is 5.75 Å². The maximum atomic E-state index is 12.2. The molecule has 22 heavy (non-hydrogen) atoms. The minimum Gasteiger partial charge on any atom is -0.435 e. The Labute approximate surface area is 132 Å². The van der Waals surface area contributed by atoms with E-state index >= 15 is 0 Å². The molecule has 2 aliphatic rings. The van der Waals surface area contributed by atoms with Crippen molar-refractivity contribution in [1.29, 1.82) is 0 Å². The molecule has 2 aliphatic carbocycles. The normalized spacial score (nSPS) is 27.0. The molecular formula is C19H25F2O. The molecule has 1 radical (unpaired) electrons. The van der Waals surface area contributed by atoms with Gasteiger partial charge in [-0.25, -0.2) is 0 Å². The molecule has 0 bridgehead atoms. The molecule has 2 saturated carbocycles. The molecule has 2 fully saturated rings. The molecule has 0 unspecified atom stereocenters. The van der Waals surface area contributed by atoms with Crippen molar-refractivity contribution < 1.29 is 13.5 Å². The molecule has 121 valence electrons. The topological polar surface area (TPSA) is 9.23 Å². The van der Waals surface area contributed by atoms with Crippen LogP contribution in [-0.2, 0) is 0 Å². The van der Waals surface area contributed by atoms with Gasteiger partial charge in [-0.1, -0.05) is 12.1 Å². The molecule has 1 aromatic carbocycles. The zero-order valence-electron chi connectivity index (χ0n) is 13.0. The fourth-order valence-corrected chi connectivity index (χ4v) is 4.27. The summed E-state index contributed by atoms with van der Waals surface area (Å²) in [5.74, 6) is 2.69. The van der Waals surface area contributed by atoms with Crippen molar-refractivity contribution in [1.82, 2.24) is 0 Å². The van der Waals surface area contributed by atoms with Crippen LogP contribution in [0.15, 0.2) is 24.3 Å². The van der Waals surface area contributed by atoms with Crippen LogP contribution in [0.4, 0.5) is 8.78 Å². The van der Waals surface area contributed by atoms with E-state index in [0.29, 0.717) is 5.92 Å². The fraction of sp³-hybridized carbons (Fsp3) is 0.632. The van der Waals surface area contributed by atoms with Gasteiger partial charge in [0.15, 0.2) is 0 Å². The van der Waals surface area contributed by atoms with Crippen LogP contribution in [0.2, 0.25) is 0 Å². The third kappa shape index (κ3) is 3.99. The van der Waals surface area contributed by atoms with Crippen molar-refractivity contribution in [3.8, 4) is 5.75 Å². The van der Waals surface area contributed by atoms with Crippen LogP contribution < -0.4 is 4.74 Å². The summed E-state index contributed by atoms with van der Waals surface area (Å²) in [7, 11) is 0. The Balaban J connectivity index is 1.52. The highest BCUT2D eigenvalue weighted by atomic mass is 19.3. The molecule has 3 heteroatoms. The van der Waals surface area contributed by atoms with Crippen LogP contribution in [0.1, 0.15) is 62.8 Å². The maximum Gasteiger partial charge on any atom is 0.387 e. The lowest BCUT2D eigenvalue weighted by atomic mass is 9.70. The molecular weight excluding hydrogens is 282 g/mol. The first-order valence-electron chi connectivity index (χ1n) is 8.59. The molecule has 0 amide bonds. The average Bonchev–Trinajstić information content (AvgIpc) is 2.56. The van der Waals surface area contributed by atoms with Gasteiger partial charge in [-0.3, -0.25) is 0 Å². The van der Waals surface area contributed by atoms with E-state index in [9.17, 15) is 8.78 Å². The van der Waals surface area contributed by atoms with Crippen molar-refractivity contribution in [3.63, 3.8) is 0 Å². The predicted molar refractivity (Wildman–Crippen MR) is 84.0 cm³/mol. The van der Waals surface area contributed by atoms with Gasteiger partial charge < -0.3 is 4.74 Å². The van der Waals surface area contributed by atoms with Gasteiger partial charge in [0.1, 0.15) is 5.75 Å². The average molecular weight is 307 g/mol. The molecule has 1 aromatic rings. The molecule has 0 heterocycles. The number of benzene rings is 1. The van der Waals surface area contributed by atoms with E-state index in [1.54, 1.807) is 12.1 Å². The van der Waals surface area contributed by atoms with Gasteiger partial charge in [0.2, 0.25) is 0 Å². The zero-order chi connectivity index (χ0) is 15.4. The first-order valence-corrected chi connectivity index (χ1v) is 8.59. The summed E-state index contributed by atoms with van der Waals surface area (Å²) in [6, 6.07) is 7.26. The van der Waals surface area contributed by atoms with Crippen molar-refractivity contribution in [2.75, 3.05) is 0 Å². The van der Waals surface area contributed by atoms with Crippen molar-refractivity contribution in [2.24, 2.45) is 11.8 Å². The van der Waals surface area contributed by atoms with E-state index in [0.717, 1.165) is 11.8 Å². The molecule has 0 aromatic heterocycles. The van der Waals surface area contributed by atoms with Gasteiger partial charge in [0.05, 0.1) is 0 Å². The summed E-state index contributed by atoms with van der Waals surface area (Å²) < 4.78 is 28.8. The van der Waals surface area contributed by atoms with Gasteiger partial charge in [0.25, 0.3) is 0 Å². The van der Waals surface area contributed by atoms with Crippen LogP contribution in [-0.4, -0.2) is 6.61 Å². The van der Waals surface area contributed by atoms with Crippen LogP contribution >= 0.6 is 0 Å². The Morgan fingerprint density at radius 1 is 0.818 bits per heavy atom. The number of ether oxygens (including phenoxy) is 1. The van der Waals surface area contributed by atoms with Crippen LogP contribution in [0, 0.1) is 18.3 Å². The third-order valence-corrected chi connectivity index (χ3v) is 5.50. The quantitative estimate of drug-likeness (QED) is 0.667. The van der Waals surface area contributed by atoms with Crippen molar-refractivity contribution in [3.05, 3.63) is 36.2 Å². The second-order valence-corrected chi connectivity index (χ2v) is 6.76. The maximum absolute atomic E-state index is 12.2. The van der Waals surface area contributed by atoms with Crippen LogP contribution in [0.3, 0.4) is 0 Å². The van der Waals surface area contributed by atoms with Gasteiger partial charge >= 0.3 is 6.61 Å². The lowest BCUT2D eigenvalue weighted by Crippen LogP contribution is -2.23. The molecule has 0 N–H and O–H groups in total. The summed E-state index contributed by atoms with van der Waals surface area (Å²) >= 11 is 0. The van der Waals surface area contributed by atoms with E-state index in [-0.39, 0.29) is 5.75 Å². The van der Waals surface area contributed by atoms with Crippen LogP contribution in [0.25, 0.3) is 0 Å². The molecule has 0 spiro atoms. The summed E-state index contributed by atoms with van der Waals surface area (Å²) in [4.78, 5) is 0. The number of alkyl halides is 2. The van der Waals surface area contributed by atoms with Gasteiger partial charge in [-0.15, -0.1) is 0 Å². The molecule has 3 rings (SSSR count). The Morgan fingerprint density at radius 2 is 1.41 bits per heavy atom. The zero-order valence-corrected chi connectivity index (χ0v) is 13.0. The fourth-order valence-electron chi connectivity index (χ4n) is 4.27. The SMILES string of the molecule is FC(F)Oc1ccc([C@H]2CC[C@H](C3CC[CH]CC3)CC2)cc1. The Kier molecular flexibility index (Phi) is 5.32. The van der Waals surface area contributed by atoms with Gasteiger partial charge in [-0.05, 0) is 93.2 Å². The predicted octanol–water partition coefficient (Wildman–Crippen LogP) is 5.96. The lowest BCUT2D eigenvalue weighted by molar-refractivity contribution is -0.0498. The highest BCUT2D eigenvalue weighted by Crippen LogP contribution is 2.42. The van der Waals surface area contributed by atoms with Crippen molar-refractivity contribution in [2.45, 2.75) is 63.9 Å². The number of hydrogen-bond acceptors (Lipinski definition) is 1. The summed E-state index contributed by atoms with van der Waals surface area (Å²) in [6.07, 6.45) is 12.9. The van der Waals surface area contributed by atoms with E-state index in [4.69, 9.17) is 0 Å². The Bertz CT molecular complexity index is 443. The molecule has 0 atom stereocenters. The van der Waals surface area contributed by atoms with Gasteiger partial charge in [-0.2, -0.15) is 8.78 Å². The minimum atomic E-state index is -2.74. The van der Waals surface area contributed by atoms with Gasteiger partial charge in [0, 0.05) is 0 Å². The Hall–Kier alpha value is -1.12. The van der Waals surface area contributed by atoms with E-state index < -0.39 is 6.61 Å². The first kappa shape index (κ1) is 15.8. The summed E-state index contributed by atoms with van der Waals surface area (Å²) in [6.45, 7) is -2.74. The summed E-state index contributed by atoms with van der Waals surface area (Å²) in [5.41, 5.74) is 1.28. The first-order chi connectivity index (χ1) is 10.7. The molecule has 0 aliphatic heterocycles. The molecule has 0 saturated heterocycles. The minimum absolute atomic E-state index is 0.255. The molecule has 1 nitrogen and oxygen atoms in total. The monoisotopic (exact) mass is 307 g/mol. The highest BCUT2D eigenvalue weighted by Gasteiger charge is 2.29. The van der Waals surface area contributed by atoms with Crippen molar-refractivity contribution >= 4 is 0 Å². The third-order valence-electron chi connectivity index (χ3n) is 5.50. The second kappa shape index (κ2) is 7.43. The lowest BCUT2D eigenvalue weighted by Gasteiger charge is -2.36. The summed E-state index contributed by atoms with van der Waals surface area (Å²) in [5, 5.41) is 0. The largest absolute Gasteiger partial charge is 0.435 e. The standard InChI is InChI=1S/C19H25F2O/c20-19(21)22-18-12-10-17(11-13-18)16-8-6-15(7-9-16)14-4-2-1-3-5-14/h1,10-16,19H,2-9H2/t15-,16-. The smallest absolute Gasteiger partial charge is 0.387 e. The van der Waals surface area contributed by atoms with E-state index in [2.05, 4.69) is 11.2 Å². The number of halogens is 2. The highest BCUT2D eigenvalue weighted by molar-refractivity contribution is 5.29. The van der Waals surface area contributed by atoms with E-state index in [1.807, 2.05) is 12.1 Å². The Morgan fingerprint density at radius 3 is 2.00 bits per heavy atom. The second-order valence-electron chi connectivity index (χ2n) is 6.76. The van der Waals surface area contributed by atoms with E-state index in [1.165, 1.54) is 56.9 Å². The number of rotatable bonds is 4. The number of hydrogen-bond donors (Lipinski definition) is 0.